The SMILES string of the molecule is CCCCOc1ccc(C#CC=C[C@H]2CC[C@H]([C@H]3CC[C@H](CCC)CC3)CC2)cc1. The molecule has 0 aromatic heterocycles. The van der Waals surface area contributed by atoms with Crippen LogP contribution in [0.25, 0.3) is 0 Å². The van der Waals surface area contributed by atoms with Crippen molar-refractivity contribution in [1.29, 1.82) is 0 Å². The first-order chi connectivity index (χ1) is 14.8. The molecule has 0 atom stereocenters. The number of ether oxygens (including phenoxy) is 1. The molecule has 0 unspecified atom stereocenters. The van der Waals surface area contributed by atoms with E-state index in [4.69, 9.17) is 4.74 Å². The van der Waals surface area contributed by atoms with Gasteiger partial charge in [-0.05, 0) is 99.0 Å². The molecule has 0 amide bonds. The van der Waals surface area contributed by atoms with E-state index in [1.54, 1.807) is 0 Å². The highest BCUT2D eigenvalue weighted by molar-refractivity contribution is 5.40. The normalized spacial score (nSPS) is 26.9. The summed E-state index contributed by atoms with van der Waals surface area (Å²) in [7, 11) is 0. The largest absolute Gasteiger partial charge is 0.494 e. The molecule has 164 valence electrons. The molecule has 0 N–H and O–H groups in total. The lowest BCUT2D eigenvalue weighted by Gasteiger charge is -2.37. The third-order valence-corrected chi connectivity index (χ3v) is 7.36. The second-order valence-corrected chi connectivity index (χ2v) is 9.60. The van der Waals surface area contributed by atoms with Crippen molar-refractivity contribution in [3.63, 3.8) is 0 Å². The van der Waals surface area contributed by atoms with Crippen LogP contribution in [0.15, 0.2) is 36.4 Å². The minimum Gasteiger partial charge on any atom is -0.494 e. The van der Waals surface area contributed by atoms with Gasteiger partial charge >= 0.3 is 0 Å². The van der Waals surface area contributed by atoms with Crippen LogP contribution in [-0.2, 0) is 0 Å². The maximum Gasteiger partial charge on any atom is 0.119 e. The first-order valence-electron chi connectivity index (χ1n) is 12.7. The number of rotatable bonds is 8. The quantitative estimate of drug-likeness (QED) is 0.312. The van der Waals surface area contributed by atoms with E-state index < -0.39 is 0 Å². The fourth-order valence-electron chi connectivity index (χ4n) is 5.44. The Morgan fingerprint density at radius 1 is 0.867 bits per heavy atom. The predicted molar refractivity (Wildman–Crippen MR) is 129 cm³/mol. The molecular formula is C29H42O. The summed E-state index contributed by atoms with van der Waals surface area (Å²) >= 11 is 0. The number of hydrogen-bond acceptors (Lipinski definition) is 1. The fraction of sp³-hybridized carbons (Fsp3) is 0.655. The van der Waals surface area contributed by atoms with Crippen LogP contribution in [0, 0.1) is 35.5 Å². The van der Waals surface area contributed by atoms with E-state index in [0.29, 0.717) is 0 Å². The predicted octanol–water partition coefficient (Wildman–Crippen LogP) is 8.19. The van der Waals surface area contributed by atoms with Gasteiger partial charge in [-0.15, -0.1) is 0 Å². The van der Waals surface area contributed by atoms with Crippen molar-refractivity contribution >= 4 is 0 Å². The molecule has 0 saturated heterocycles. The molecule has 2 saturated carbocycles. The molecule has 1 aromatic carbocycles. The van der Waals surface area contributed by atoms with E-state index >= 15 is 0 Å². The van der Waals surface area contributed by atoms with Crippen LogP contribution in [0.3, 0.4) is 0 Å². The number of benzene rings is 1. The van der Waals surface area contributed by atoms with Gasteiger partial charge in [0.25, 0.3) is 0 Å². The Bertz CT molecular complexity index is 673. The van der Waals surface area contributed by atoms with Crippen LogP contribution in [0.5, 0.6) is 5.75 Å². The van der Waals surface area contributed by atoms with Gasteiger partial charge in [0.2, 0.25) is 0 Å². The summed E-state index contributed by atoms with van der Waals surface area (Å²) in [6.07, 6.45) is 21.2. The van der Waals surface area contributed by atoms with E-state index in [0.717, 1.165) is 54.4 Å². The van der Waals surface area contributed by atoms with Gasteiger partial charge < -0.3 is 4.74 Å². The van der Waals surface area contributed by atoms with Crippen molar-refractivity contribution in [2.75, 3.05) is 6.61 Å². The monoisotopic (exact) mass is 406 g/mol. The summed E-state index contributed by atoms with van der Waals surface area (Å²) in [5.41, 5.74) is 1.06. The van der Waals surface area contributed by atoms with Crippen LogP contribution in [0.4, 0.5) is 0 Å². The summed E-state index contributed by atoms with van der Waals surface area (Å²) in [4.78, 5) is 0. The topological polar surface area (TPSA) is 9.23 Å². The van der Waals surface area contributed by atoms with Crippen molar-refractivity contribution in [3.8, 4) is 17.6 Å². The number of allylic oxidation sites excluding steroid dienone is 2. The Morgan fingerprint density at radius 3 is 2.17 bits per heavy atom. The number of hydrogen-bond donors (Lipinski definition) is 0. The molecule has 0 radical (unpaired) electrons. The molecule has 1 heteroatoms. The Balaban J connectivity index is 1.36. The van der Waals surface area contributed by atoms with Gasteiger partial charge in [0.1, 0.15) is 5.75 Å². The number of unbranched alkanes of at least 4 members (excludes halogenated alkanes) is 1. The van der Waals surface area contributed by atoms with Gasteiger partial charge in [0.15, 0.2) is 0 Å². The molecule has 0 spiro atoms. The lowest BCUT2D eigenvalue weighted by molar-refractivity contribution is 0.152. The second-order valence-electron chi connectivity index (χ2n) is 9.60. The third kappa shape index (κ3) is 7.54. The van der Waals surface area contributed by atoms with Gasteiger partial charge in [0, 0.05) is 5.56 Å². The smallest absolute Gasteiger partial charge is 0.119 e. The average molecular weight is 407 g/mol. The lowest BCUT2D eigenvalue weighted by Crippen LogP contribution is -2.25. The van der Waals surface area contributed by atoms with Crippen molar-refractivity contribution in [1.82, 2.24) is 0 Å². The van der Waals surface area contributed by atoms with Gasteiger partial charge in [-0.25, -0.2) is 0 Å². The third-order valence-electron chi connectivity index (χ3n) is 7.36. The molecule has 0 heterocycles. The molecule has 1 aromatic rings. The van der Waals surface area contributed by atoms with Crippen molar-refractivity contribution in [2.45, 2.75) is 90.9 Å². The summed E-state index contributed by atoms with van der Waals surface area (Å²) < 4.78 is 5.71. The highest BCUT2D eigenvalue weighted by Crippen LogP contribution is 2.42. The lowest BCUT2D eigenvalue weighted by atomic mass is 9.69. The zero-order valence-electron chi connectivity index (χ0n) is 19.4. The maximum absolute atomic E-state index is 5.71. The van der Waals surface area contributed by atoms with E-state index in [2.05, 4.69) is 50.0 Å². The van der Waals surface area contributed by atoms with E-state index in [1.807, 2.05) is 12.1 Å². The Morgan fingerprint density at radius 2 is 1.53 bits per heavy atom. The van der Waals surface area contributed by atoms with Crippen LogP contribution in [-0.4, -0.2) is 6.61 Å². The molecule has 2 fully saturated rings. The zero-order chi connectivity index (χ0) is 21.0. The molecule has 3 rings (SSSR count). The molecule has 1 nitrogen and oxygen atoms in total. The average Bonchev–Trinajstić information content (AvgIpc) is 2.79. The molecule has 0 bridgehead atoms. The van der Waals surface area contributed by atoms with Crippen molar-refractivity contribution in [2.24, 2.45) is 23.7 Å². The maximum atomic E-state index is 5.71. The van der Waals surface area contributed by atoms with Crippen LogP contribution in [0.1, 0.15) is 96.5 Å². The molecule has 2 aliphatic carbocycles. The van der Waals surface area contributed by atoms with Crippen LogP contribution >= 0.6 is 0 Å². The van der Waals surface area contributed by atoms with E-state index in [-0.39, 0.29) is 0 Å². The summed E-state index contributed by atoms with van der Waals surface area (Å²) in [6, 6.07) is 8.17. The zero-order valence-corrected chi connectivity index (χ0v) is 19.4. The highest BCUT2D eigenvalue weighted by Gasteiger charge is 2.29. The molecule has 30 heavy (non-hydrogen) atoms. The Hall–Kier alpha value is -1.68. The van der Waals surface area contributed by atoms with Crippen LogP contribution in [0.2, 0.25) is 0 Å². The van der Waals surface area contributed by atoms with Gasteiger partial charge in [-0.2, -0.15) is 0 Å². The fourth-order valence-corrected chi connectivity index (χ4v) is 5.44. The minimum atomic E-state index is 0.737. The second kappa shape index (κ2) is 12.9. The molecule has 0 aliphatic heterocycles. The summed E-state index contributed by atoms with van der Waals surface area (Å²) in [5, 5.41) is 0. The molecular weight excluding hydrogens is 364 g/mol. The van der Waals surface area contributed by atoms with Gasteiger partial charge in [-0.1, -0.05) is 63.9 Å². The van der Waals surface area contributed by atoms with Crippen molar-refractivity contribution < 1.29 is 4.74 Å². The Kier molecular flexibility index (Phi) is 9.88. The van der Waals surface area contributed by atoms with Crippen LogP contribution < -0.4 is 4.74 Å². The van der Waals surface area contributed by atoms with Crippen molar-refractivity contribution in [3.05, 3.63) is 42.0 Å². The van der Waals surface area contributed by atoms with Gasteiger partial charge in [-0.3, -0.25) is 0 Å². The first-order valence-corrected chi connectivity index (χ1v) is 12.7. The van der Waals surface area contributed by atoms with E-state index in [1.165, 1.54) is 64.2 Å². The summed E-state index contributed by atoms with van der Waals surface area (Å²) in [6.45, 7) is 5.32. The first kappa shape index (κ1) is 23.0. The molecule has 2 aliphatic rings. The van der Waals surface area contributed by atoms with E-state index in [9.17, 15) is 0 Å². The standard InChI is InChI=1S/C29H42O/c1-3-5-23-30-29-21-15-26(16-22-29)10-7-6-9-25-13-19-28(20-14-25)27-17-11-24(8-4-2)12-18-27/h6,9,15-16,21-22,24-25,27-28H,3-5,8,11-14,17-20,23H2,1-2H3/t24-,25-,27-,28-. The highest BCUT2D eigenvalue weighted by atomic mass is 16.5. The van der Waals surface area contributed by atoms with Gasteiger partial charge in [0.05, 0.1) is 6.61 Å². The Labute approximate surface area is 185 Å². The summed E-state index contributed by atoms with van der Waals surface area (Å²) in [5.74, 6) is 11.2. The minimum absolute atomic E-state index is 0.737.